The predicted molar refractivity (Wildman–Crippen MR) is 76.8 cm³/mol. The van der Waals surface area contributed by atoms with E-state index in [1.807, 2.05) is 49.1 Å². The third-order valence-electron chi connectivity index (χ3n) is 2.95. The van der Waals surface area contributed by atoms with Gasteiger partial charge in [-0.05, 0) is 25.5 Å². The molecule has 1 N–H and O–H groups in total. The lowest BCUT2D eigenvalue weighted by Gasteiger charge is -2.29. The average Bonchev–Trinajstić information content (AvgIpc) is 2.46. The van der Waals surface area contributed by atoms with Gasteiger partial charge in [0.2, 0.25) is 5.91 Å². The van der Waals surface area contributed by atoms with Crippen LogP contribution in [0.4, 0.5) is 5.69 Å². The van der Waals surface area contributed by atoms with Crippen LogP contribution < -0.4 is 10.2 Å². The predicted octanol–water partition coefficient (Wildman–Crippen LogP) is 2.32. The fourth-order valence-corrected chi connectivity index (χ4v) is 1.87. The van der Waals surface area contributed by atoms with E-state index < -0.39 is 0 Å². The van der Waals surface area contributed by atoms with E-state index in [1.54, 1.807) is 0 Å². The Morgan fingerprint density at radius 2 is 2.11 bits per heavy atom. The van der Waals surface area contributed by atoms with Gasteiger partial charge < -0.3 is 10.2 Å². The number of hydrogen-bond donors (Lipinski definition) is 1. The highest BCUT2D eigenvalue weighted by Gasteiger charge is 2.20. The first kappa shape index (κ1) is 15.0. The van der Waals surface area contributed by atoms with Gasteiger partial charge in [0.1, 0.15) is 6.04 Å². The summed E-state index contributed by atoms with van der Waals surface area (Å²) in [5.74, 6) is 0.00337. The zero-order chi connectivity index (χ0) is 14.1. The van der Waals surface area contributed by atoms with Crippen LogP contribution in [-0.4, -0.2) is 25.0 Å². The largest absolute Gasteiger partial charge is 0.359 e. The number of nitrogens with zero attached hydrogens (tertiary/aromatic N) is 2. The second-order valence-electron chi connectivity index (χ2n) is 4.40. The molecule has 0 saturated carbocycles. The van der Waals surface area contributed by atoms with E-state index >= 15 is 0 Å². The molecule has 1 unspecified atom stereocenters. The number of amides is 1. The van der Waals surface area contributed by atoms with E-state index in [1.165, 1.54) is 0 Å². The second-order valence-corrected chi connectivity index (χ2v) is 4.40. The van der Waals surface area contributed by atoms with Gasteiger partial charge in [0.15, 0.2) is 0 Å². The van der Waals surface area contributed by atoms with Gasteiger partial charge in [-0.25, -0.2) is 0 Å². The number of benzene rings is 1. The molecule has 0 aromatic heterocycles. The molecule has 4 nitrogen and oxygen atoms in total. The van der Waals surface area contributed by atoms with Crippen LogP contribution in [0.5, 0.6) is 0 Å². The molecule has 0 aliphatic heterocycles. The SMILES string of the molecule is CCCNC(=O)C(C)N(CCC#N)c1ccccc1. The van der Waals surface area contributed by atoms with Crippen LogP contribution >= 0.6 is 0 Å². The molecule has 1 rings (SSSR count). The molecule has 1 atom stereocenters. The van der Waals surface area contributed by atoms with Crippen LogP contribution in [-0.2, 0) is 4.79 Å². The summed E-state index contributed by atoms with van der Waals surface area (Å²) in [5, 5.41) is 11.6. The molecule has 0 heterocycles. The van der Waals surface area contributed by atoms with Crippen molar-refractivity contribution in [3.8, 4) is 6.07 Å². The van der Waals surface area contributed by atoms with Gasteiger partial charge in [-0.2, -0.15) is 5.26 Å². The molecule has 19 heavy (non-hydrogen) atoms. The van der Waals surface area contributed by atoms with Crippen LogP contribution in [0, 0.1) is 11.3 Å². The fraction of sp³-hybridized carbons (Fsp3) is 0.467. The summed E-state index contributed by atoms with van der Waals surface area (Å²) in [4.78, 5) is 14.0. The van der Waals surface area contributed by atoms with Gasteiger partial charge in [0.05, 0.1) is 12.5 Å². The highest BCUT2D eigenvalue weighted by atomic mass is 16.2. The summed E-state index contributed by atoms with van der Waals surface area (Å²) >= 11 is 0. The van der Waals surface area contributed by atoms with Crippen molar-refractivity contribution in [1.29, 1.82) is 5.26 Å². The summed E-state index contributed by atoms with van der Waals surface area (Å²) in [6.07, 6.45) is 1.32. The molecule has 0 fully saturated rings. The normalized spacial score (nSPS) is 11.4. The van der Waals surface area contributed by atoms with Crippen LogP contribution in [0.3, 0.4) is 0 Å². The number of para-hydroxylation sites is 1. The molecule has 1 aromatic carbocycles. The van der Waals surface area contributed by atoms with E-state index in [4.69, 9.17) is 5.26 Å². The monoisotopic (exact) mass is 259 g/mol. The van der Waals surface area contributed by atoms with Crippen molar-refractivity contribution in [2.24, 2.45) is 0 Å². The molecular formula is C15H21N3O. The van der Waals surface area contributed by atoms with E-state index in [-0.39, 0.29) is 11.9 Å². The molecule has 4 heteroatoms. The minimum absolute atomic E-state index is 0.00337. The first-order valence-corrected chi connectivity index (χ1v) is 6.67. The minimum atomic E-state index is -0.276. The average molecular weight is 259 g/mol. The second kappa shape index (κ2) is 8.15. The van der Waals surface area contributed by atoms with Crippen molar-refractivity contribution >= 4 is 11.6 Å². The summed E-state index contributed by atoms with van der Waals surface area (Å²) in [7, 11) is 0. The standard InChI is InChI=1S/C15H21N3O/c1-3-11-17-15(19)13(2)18(12-7-10-16)14-8-5-4-6-9-14/h4-6,8-9,13H,3,7,11-12H2,1-2H3,(H,17,19). The minimum Gasteiger partial charge on any atom is -0.359 e. The Balaban J connectivity index is 2.79. The summed E-state index contributed by atoms with van der Waals surface area (Å²) in [6, 6.07) is 11.6. The lowest BCUT2D eigenvalue weighted by atomic mass is 10.2. The Hall–Kier alpha value is -2.02. The first-order chi connectivity index (χ1) is 9.20. The smallest absolute Gasteiger partial charge is 0.242 e. The molecule has 0 bridgehead atoms. The highest BCUT2D eigenvalue weighted by Crippen LogP contribution is 2.16. The van der Waals surface area contributed by atoms with Gasteiger partial charge in [0.25, 0.3) is 0 Å². The van der Waals surface area contributed by atoms with E-state index in [0.29, 0.717) is 19.5 Å². The molecule has 0 radical (unpaired) electrons. The Kier molecular flexibility index (Phi) is 6.45. The molecule has 0 spiro atoms. The number of carbonyl (C=O) groups is 1. The van der Waals surface area contributed by atoms with Crippen LogP contribution in [0.15, 0.2) is 30.3 Å². The van der Waals surface area contributed by atoms with Crippen molar-refractivity contribution in [3.05, 3.63) is 30.3 Å². The summed E-state index contributed by atoms with van der Waals surface area (Å²) in [5.41, 5.74) is 0.969. The number of hydrogen-bond acceptors (Lipinski definition) is 3. The Morgan fingerprint density at radius 1 is 1.42 bits per heavy atom. The third-order valence-corrected chi connectivity index (χ3v) is 2.95. The lowest BCUT2D eigenvalue weighted by Crippen LogP contribution is -2.46. The molecule has 1 amide bonds. The van der Waals surface area contributed by atoms with Crippen molar-refractivity contribution in [3.63, 3.8) is 0 Å². The van der Waals surface area contributed by atoms with Crippen molar-refractivity contribution in [1.82, 2.24) is 5.32 Å². The van der Waals surface area contributed by atoms with Gasteiger partial charge in [-0.1, -0.05) is 25.1 Å². The highest BCUT2D eigenvalue weighted by molar-refractivity contribution is 5.84. The van der Waals surface area contributed by atoms with E-state index in [9.17, 15) is 4.79 Å². The van der Waals surface area contributed by atoms with Crippen molar-refractivity contribution in [2.45, 2.75) is 32.7 Å². The van der Waals surface area contributed by atoms with Gasteiger partial charge >= 0.3 is 0 Å². The number of nitrogens with one attached hydrogen (secondary N) is 1. The first-order valence-electron chi connectivity index (χ1n) is 6.67. The Morgan fingerprint density at radius 3 is 2.68 bits per heavy atom. The zero-order valence-corrected chi connectivity index (χ0v) is 11.6. The number of carbonyl (C=O) groups excluding carboxylic acids is 1. The van der Waals surface area contributed by atoms with E-state index in [2.05, 4.69) is 11.4 Å². The van der Waals surface area contributed by atoms with Crippen molar-refractivity contribution in [2.75, 3.05) is 18.0 Å². The van der Waals surface area contributed by atoms with Gasteiger partial charge in [-0.3, -0.25) is 4.79 Å². The quantitative estimate of drug-likeness (QED) is 0.817. The Labute approximate surface area is 115 Å². The molecule has 1 aromatic rings. The van der Waals surface area contributed by atoms with Crippen LogP contribution in [0.2, 0.25) is 0 Å². The molecule has 0 saturated heterocycles. The maximum atomic E-state index is 12.0. The molecule has 0 aliphatic carbocycles. The topological polar surface area (TPSA) is 56.1 Å². The maximum Gasteiger partial charge on any atom is 0.242 e. The molecule has 0 aliphatic rings. The number of nitriles is 1. The van der Waals surface area contributed by atoms with Crippen LogP contribution in [0.25, 0.3) is 0 Å². The number of anilines is 1. The maximum absolute atomic E-state index is 12.0. The number of rotatable bonds is 7. The van der Waals surface area contributed by atoms with Gasteiger partial charge in [-0.15, -0.1) is 0 Å². The lowest BCUT2D eigenvalue weighted by molar-refractivity contribution is -0.122. The molecule has 102 valence electrons. The van der Waals surface area contributed by atoms with Crippen molar-refractivity contribution < 1.29 is 4.79 Å². The zero-order valence-electron chi connectivity index (χ0n) is 11.6. The fourth-order valence-electron chi connectivity index (χ4n) is 1.87. The Bertz CT molecular complexity index is 425. The third kappa shape index (κ3) is 4.63. The van der Waals surface area contributed by atoms with E-state index in [0.717, 1.165) is 12.1 Å². The van der Waals surface area contributed by atoms with Crippen LogP contribution in [0.1, 0.15) is 26.7 Å². The molecular weight excluding hydrogens is 238 g/mol. The summed E-state index contributed by atoms with van der Waals surface area (Å²) < 4.78 is 0. The van der Waals surface area contributed by atoms with Gasteiger partial charge in [0, 0.05) is 18.8 Å². The summed E-state index contributed by atoms with van der Waals surface area (Å²) in [6.45, 7) is 5.14.